The molecule has 0 saturated carbocycles. The van der Waals surface area contributed by atoms with Crippen LogP contribution in [-0.2, 0) is 32.3 Å². The lowest BCUT2D eigenvalue weighted by Crippen LogP contribution is -2.45. The highest BCUT2D eigenvalue weighted by molar-refractivity contribution is 6.27. The van der Waals surface area contributed by atoms with Crippen molar-refractivity contribution in [2.75, 3.05) is 26.2 Å². The average Bonchev–Trinajstić information content (AvgIpc) is 3.24. The summed E-state index contributed by atoms with van der Waals surface area (Å²) in [7, 11) is 0. The quantitative estimate of drug-likeness (QED) is 0.322. The molecule has 1 aromatic carbocycles. The molecule has 0 unspecified atom stereocenters. The fraction of sp³-hybridized carbons (Fsp3) is 0.273. The van der Waals surface area contributed by atoms with Gasteiger partial charge in [0.2, 0.25) is 0 Å². The lowest BCUT2D eigenvalue weighted by atomic mass is 10.2. The third kappa shape index (κ3) is 9.57. The number of hydrogen-bond acceptors (Lipinski definition) is 8. The lowest BCUT2D eigenvalue weighted by molar-refractivity contribution is -0.159. The van der Waals surface area contributed by atoms with E-state index in [1.54, 1.807) is 0 Å². The Morgan fingerprint density at radius 2 is 1.26 bits per heavy atom. The van der Waals surface area contributed by atoms with E-state index < -0.39 is 23.9 Å². The van der Waals surface area contributed by atoms with E-state index in [2.05, 4.69) is 49.0 Å². The molecule has 1 aliphatic rings. The van der Waals surface area contributed by atoms with E-state index in [0.717, 1.165) is 61.8 Å². The van der Waals surface area contributed by atoms with Crippen molar-refractivity contribution >= 4 is 34.9 Å². The number of imidazole rings is 1. The predicted octanol–water partition coefficient (Wildman–Crippen LogP) is 0.587. The van der Waals surface area contributed by atoms with E-state index in [0.29, 0.717) is 0 Å². The summed E-state index contributed by atoms with van der Waals surface area (Å²) < 4.78 is 0. The van der Waals surface area contributed by atoms with Gasteiger partial charge in [-0.3, -0.25) is 14.8 Å². The number of aromatic nitrogens is 3. The van der Waals surface area contributed by atoms with Crippen molar-refractivity contribution in [1.29, 1.82) is 0 Å². The molecule has 1 saturated heterocycles. The van der Waals surface area contributed by atoms with E-state index in [-0.39, 0.29) is 0 Å². The molecule has 0 bridgehead atoms. The number of nitrogens with zero attached hydrogens (tertiary/aromatic N) is 4. The van der Waals surface area contributed by atoms with Crippen LogP contribution in [0.25, 0.3) is 11.0 Å². The third-order valence-electron chi connectivity index (χ3n) is 4.75. The number of benzene rings is 1. The van der Waals surface area contributed by atoms with Crippen molar-refractivity contribution in [2.45, 2.75) is 13.1 Å². The van der Waals surface area contributed by atoms with Gasteiger partial charge in [0.15, 0.2) is 0 Å². The Morgan fingerprint density at radius 1 is 0.743 bits per heavy atom. The van der Waals surface area contributed by atoms with Crippen LogP contribution in [0.3, 0.4) is 0 Å². The molecule has 4 rings (SSSR count). The Morgan fingerprint density at radius 3 is 1.74 bits per heavy atom. The van der Waals surface area contributed by atoms with E-state index in [1.165, 1.54) is 0 Å². The SMILES string of the molecule is O=C(O)C(=O)O.O=C(O)C(=O)O.c1ccc(CN2CCN(Cc3nc4ccccc4[nH]3)CC2)nc1. The Kier molecular flexibility index (Phi) is 10.3. The molecule has 13 heteroatoms. The largest absolute Gasteiger partial charge is 0.473 e. The molecule has 5 N–H and O–H groups in total. The second kappa shape index (κ2) is 13.4. The number of H-pyrrole nitrogens is 1. The van der Waals surface area contributed by atoms with Gasteiger partial charge in [0.1, 0.15) is 5.82 Å². The number of hydrogen-bond donors (Lipinski definition) is 5. The summed E-state index contributed by atoms with van der Waals surface area (Å²) in [6.07, 6.45) is 1.87. The maximum absolute atomic E-state index is 9.10. The summed E-state index contributed by atoms with van der Waals surface area (Å²) in [5.41, 5.74) is 3.32. The van der Waals surface area contributed by atoms with Gasteiger partial charge in [-0.25, -0.2) is 24.2 Å². The van der Waals surface area contributed by atoms with E-state index in [9.17, 15) is 0 Å². The van der Waals surface area contributed by atoms with Crippen molar-refractivity contribution in [1.82, 2.24) is 24.8 Å². The summed E-state index contributed by atoms with van der Waals surface area (Å²) in [5.74, 6) is -6.24. The van der Waals surface area contributed by atoms with Gasteiger partial charge in [0.25, 0.3) is 0 Å². The first kappa shape index (κ1) is 26.9. The van der Waals surface area contributed by atoms with Crippen LogP contribution in [-0.4, -0.2) is 95.2 Å². The number of pyridine rings is 1. The number of aliphatic carboxylic acids is 4. The van der Waals surface area contributed by atoms with Crippen LogP contribution >= 0.6 is 0 Å². The van der Waals surface area contributed by atoms with Crippen molar-refractivity contribution in [3.63, 3.8) is 0 Å². The molecule has 0 amide bonds. The zero-order valence-electron chi connectivity index (χ0n) is 18.6. The van der Waals surface area contributed by atoms with Crippen molar-refractivity contribution in [3.8, 4) is 0 Å². The lowest BCUT2D eigenvalue weighted by Gasteiger charge is -2.34. The minimum atomic E-state index is -1.82. The predicted molar refractivity (Wildman–Crippen MR) is 121 cm³/mol. The minimum absolute atomic E-state index is 0.895. The second-order valence-electron chi connectivity index (χ2n) is 7.29. The summed E-state index contributed by atoms with van der Waals surface area (Å²) in [4.78, 5) is 53.8. The highest BCUT2D eigenvalue weighted by Crippen LogP contribution is 2.13. The monoisotopic (exact) mass is 487 g/mol. The normalized spacial score (nSPS) is 13.6. The number of nitrogens with one attached hydrogen (secondary N) is 1. The first-order chi connectivity index (χ1) is 16.7. The zero-order valence-corrected chi connectivity index (χ0v) is 18.6. The molecule has 1 fully saturated rings. The smallest absolute Gasteiger partial charge is 0.414 e. The molecule has 3 aromatic rings. The topological polar surface area (TPSA) is 197 Å². The number of carboxylic acid groups (broad SMARTS) is 4. The molecule has 1 aliphatic heterocycles. The van der Waals surface area contributed by atoms with Crippen LogP contribution < -0.4 is 0 Å². The molecule has 0 aliphatic carbocycles. The molecular weight excluding hydrogens is 462 g/mol. The first-order valence-electron chi connectivity index (χ1n) is 10.4. The number of rotatable bonds is 4. The fourth-order valence-corrected chi connectivity index (χ4v) is 3.12. The van der Waals surface area contributed by atoms with Gasteiger partial charge in [-0.05, 0) is 24.3 Å². The van der Waals surface area contributed by atoms with Crippen LogP contribution in [0.5, 0.6) is 0 Å². The highest BCUT2D eigenvalue weighted by Gasteiger charge is 2.18. The number of fused-ring (bicyclic) bond motifs is 1. The summed E-state index contributed by atoms with van der Waals surface area (Å²) >= 11 is 0. The first-order valence-corrected chi connectivity index (χ1v) is 10.4. The Labute approximate surface area is 199 Å². The van der Waals surface area contributed by atoms with Gasteiger partial charge in [0.05, 0.1) is 23.3 Å². The number of carbonyl (C=O) groups is 4. The number of piperazine rings is 1. The number of carboxylic acids is 4. The molecule has 35 heavy (non-hydrogen) atoms. The minimum Gasteiger partial charge on any atom is -0.473 e. The van der Waals surface area contributed by atoms with Crippen molar-refractivity contribution in [3.05, 3.63) is 60.2 Å². The van der Waals surface area contributed by atoms with Gasteiger partial charge in [-0.1, -0.05) is 18.2 Å². The van der Waals surface area contributed by atoms with Crippen LogP contribution in [0, 0.1) is 0 Å². The number of para-hydroxylation sites is 2. The van der Waals surface area contributed by atoms with Crippen LogP contribution in [0.2, 0.25) is 0 Å². The number of aromatic amines is 1. The standard InChI is InChI=1S/C18H21N5.2C2H2O4/c1-2-7-17-16(6-1)20-18(21-17)14-23-11-9-22(10-12-23)13-15-5-3-4-8-19-15;2*3-1(4)2(5)6/h1-8H,9-14H2,(H,20,21);2*(H,3,4)(H,5,6). The third-order valence-corrected chi connectivity index (χ3v) is 4.75. The Bertz CT molecular complexity index is 1060. The van der Waals surface area contributed by atoms with Crippen LogP contribution in [0.15, 0.2) is 48.7 Å². The van der Waals surface area contributed by atoms with Gasteiger partial charge >= 0.3 is 23.9 Å². The Balaban J connectivity index is 0.000000301. The van der Waals surface area contributed by atoms with Crippen molar-refractivity contribution < 1.29 is 39.6 Å². The summed E-state index contributed by atoms with van der Waals surface area (Å²) in [5, 5.41) is 29.6. The van der Waals surface area contributed by atoms with Gasteiger partial charge in [-0.15, -0.1) is 0 Å². The van der Waals surface area contributed by atoms with E-state index in [4.69, 9.17) is 39.6 Å². The molecule has 0 radical (unpaired) electrons. The van der Waals surface area contributed by atoms with E-state index >= 15 is 0 Å². The van der Waals surface area contributed by atoms with Crippen molar-refractivity contribution in [2.24, 2.45) is 0 Å². The second-order valence-corrected chi connectivity index (χ2v) is 7.29. The average molecular weight is 487 g/mol. The maximum Gasteiger partial charge on any atom is 0.414 e. The van der Waals surface area contributed by atoms with Crippen LogP contribution in [0.1, 0.15) is 11.5 Å². The molecule has 186 valence electrons. The van der Waals surface area contributed by atoms with Gasteiger partial charge in [-0.2, -0.15) is 0 Å². The van der Waals surface area contributed by atoms with Crippen LogP contribution in [0.4, 0.5) is 0 Å². The molecule has 3 heterocycles. The Hall–Kier alpha value is -4.36. The van der Waals surface area contributed by atoms with E-state index in [1.807, 2.05) is 24.4 Å². The molecule has 0 atom stereocenters. The van der Waals surface area contributed by atoms with Gasteiger partial charge < -0.3 is 25.4 Å². The summed E-state index contributed by atoms with van der Waals surface area (Å²) in [6.45, 7) is 6.15. The molecule has 0 spiro atoms. The molecular formula is C22H25N5O8. The molecule has 2 aromatic heterocycles. The molecule has 13 nitrogen and oxygen atoms in total. The van der Waals surface area contributed by atoms with Gasteiger partial charge in [0, 0.05) is 38.9 Å². The summed E-state index contributed by atoms with van der Waals surface area (Å²) in [6, 6.07) is 14.3. The zero-order chi connectivity index (χ0) is 25.8. The fourth-order valence-electron chi connectivity index (χ4n) is 3.12. The maximum atomic E-state index is 9.10. The highest BCUT2D eigenvalue weighted by atomic mass is 16.4.